The topological polar surface area (TPSA) is 43.4 Å². The lowest BCUT2D eigenvalue weighted by Gasteiger charge is -2.00. The van der Waals surface area contributed by atoms with Crippen LogP contribution in [0.1, 0.15) is 0 Å². The molecule has 13 heavy (non-hydrogen) atoms. The second-order valence-electron chi connectivity index (χ2n) is 2.16. The fourth-order valence-corrected chi connectivity index (χ4v) is 1.53. The number of hydrogen-bond acceptors (Lipinski definition) is 3. The smallest absolute Gasteiger partial charge is 0.261 e. The van der Waals surface area contributed by atoms with Crippen molar-refractivity contribution in [1.82, 2.24) is 0 Å². The highest BCUT2D eigenvalue weighted by Gasteiger charge is 2.08. The van der Waals surface area contributed by atoms with Crippen molar-refractivity contribution in [3.05, 3.63) is 24.3 Å². The molecule has 0 aliphatic rings. The van der Waals surface area contributed by atoms with Crippen LogP contribution in [-0.2, 0) is 9.05 Å². The van der Waals surface area contributed by atoms with Crippen molar-refractivity contribution in [3.63, 3.8) is 0 Å². The van der Waals surface area contributed by atoms with Gasteiger partial charge in [0, 0.05) is 10.7 Å². The van der Waals surface area contributed by atoms with Crippen molar-refractivity contribution >= 4 is 19.7 Å². The van der Waals surface area contributed by atoms with Crippen molar-refractivity contribution in [3.8, 4) is 5.75 Å². The maximum atomic E-state index is 11.6. The van der Waals surface area contributed by atoms with Gasteiger partial charge in [-0.3, -0.25) is 0 Å². The average Bonchev–Trinajstić information content (AvgIpc) is 2.04. The predicted molar refractivity (Wildman–Crippen MR) is 46.1 cm³/mol. The molecule has 0 radical (unpaired) electrons. The minimum Gasteiger partial charge on any atom is -0.463 e. The normalized spacial score (nSPS) is 11.2. The first-order valence-electron chi connectivity index (χ1n) is 3.27. The van der Waals surface area contributed by atoms with Gasteiger partial charge in [0.2, 0.25) is 6.86 Å². The van der Waals surface area contributed by atoms with Gasteiger partial charge in [0.15, 0.2) is 0 Å². The Morgan fingerprint density at radius 1 is 1.31 bits per heavy atom. The summed E-state index contributed by atoms with van der Waals surface area (Å²) in [5.41, 5.74) is 0. The molecule has 0 aliphatic carbocycles. The Hall–Kier alpha value is -0.810. The molecule has 0 unspecified atom stereocenters. The lowest BCUT2D eigenvalue weighted by Crippen LogP contribution is -1.92. The molecule has 1 aromatic rings. The van der Waals surface area contributed by atoms with Crippen LogP contribution in [0.25, 0.3) is 0 Å². The van der Waals surface area contributed by atoms with Crippen LogP contribution < -0.4 is 4.74 Å². The lowest BCUT2D eigenvalue weighted by atomic mass is 10.3. The van der Waals surface area contributed by atoms with E-state index in [9.17, 15) is 12.8 Å². The van der Waals surface area contributed by atoms with Gasteiger partial charge in [-0.2, -0.15) is 0 Å². The van der Waals surface area contributed by atoms with E-state index in [1.165, 1.54) is 24.3 Å². The van der Waals surface area contributed by atoms with Gasteiger partial charge in [-0.25, -0.2) is 12.8 Å². The molecule has 0 amide bonds. The molecular formula is C7H6ClFO3S. The van der Waals surface area contributed by atoms with Gasteiger partial charge >= 0.3 is 0 Å². The fourth-order valence-electron chi connectivity index (χ4n) is 0.761. The zero-order chi connectivity index (χ0) is 9.90. The lowest BCUT2D eigenvalue weighted by molar-refractivity contribution is 0.191. The third-order valence-corrected chi connectivity index (χ3v) is 2.70. The SMILES string of the molecule is O=S(=O)(Cl)c1ccc(OCF)cc1. The van der Waals surface area contributed by atoms with Crippen molar-refractivity contribution in [2.75, 3.05) is 6.86 Å². The van der Waals surface area contributed by atoms with Crippen LogP contribution in [0.5, 0.6) is 5.75 Å². The maximum absolute atomic E-state index is 11.6. The molecule has 0 N–H and O–H groups in total. The third kappa shape index (κ3) is 2.86. The maximum Gasteiger partial charge on any atom is 0.261 e. The molecule has 0 aromatic heterocycles. The second kappa shape index (κ2) is 3.93. The molecule has 1 rings (SSSR count). The highest BCUT2D eigenvalue weighted by Crippen LogP contribution is 2.18. The average molecular weight is 225 g/mol. The van der Waals surface area contributed by atoms with Crippen LogP contribution >= 0.6 is 10.7 Å². The highest BCUT2D eigenvalue weighted by molar-refractivity contribution is 8.13. The number of hydrogen-bond donors (Lipinski definition) is 0. The Labute approximate surface area is 79.5 Å². The van der Waals surface area contributed by atoms with E-state index >= 15 is 0 Å². The Balaban J connectivity index is 2.94. The summed E-state index contributed by atoms with van der Waals surface area (Å²) in [6.07, 6.45) is 0. The summed E-state index contributed by atoms with van der Waals surface area (Å²) >= 11 is 0. The minimum absolute atomic E-state index is 0.0413. The van der Waals surface area contributed by atoms with E-state index in [0.29, 0.717) is 0 Å². The van der Waals surface area contributed by atoms with E-state index in [0.717, 1.165) is 0 Å². The highest BCUT2D eigenvalue weighted by atomic mass is 35.7. The van der Waals surface area contributed by atoms with Gasteiger partial charge in [0.05, 0.1) is 4.90 Å². The molecular weight excluding hydrogens is 219 g/mol. The van der Waals surface area contributed by atoms with Gasteiger partial charge in [0.1, 0.15) is 5.75 Å². The van der Waals surface area contributed by atoms with Gasteiger partial charge in [0.25, 0.3) is 9.05 Å². The van der Waals surface area contributed by atoms with Crippen LogP contribution in [0.2, 0.25) is 0 Å². The van der Waals surface area contributed by atoms with Crippen molar-refractivity contribution in [1.29, 1.82) is 0 Å². The first kappa shape index (κ1) is 10.3. The number of rotatable bonds is 3. The van der Waals surface area contributed by atoms with E-state index < -0.39 is 15.9 Å². The molecule has 72 valence electrons. The Bertz CT molecular complexity index is 373. The zero-order valence-electron chi connectivity index (χ0n) is 6.41. The van der Waals surface area contributed by atoms with Crippen LogP contribution in [0, 0.1) is 0 Å². The largest absolute Gasteiger partial charge is 0.463 e. The van der Waals surface area contributed by atoms with Crippen LogP contribution in [0.4, 0.5) is 4.39 Å². The molecule has 0 fully saturated rings. The van der Waals surface area contributed by atoms with Crippen LogP contribution in [0.15, 0.2) is 29.2 Å². The van der Waals surface area contributed by atoms with E-state index in [-0.39, 0.29) is 10.6 Å². The van der Waals surface area contributed by atoms with Gasteiger partial charge < -0.3 is 4.74 Å². The van der Waals surface area contributed by atoms with E-state index in [1.54, 1.807) is 0 Å². The number of ether oxygens (including phenoxy) is 1. The molecule has 1 aromatic carbocycles. The van der Waals surface area contributed by atoms with Gasteiger partial charge in [-0.05, 0) is 24.3 Å². The molecule has 0 atom stereocenters. The van der Waals surface area contributed by atoms with Gasteiger partial charge in [-0.1, -0.05) is 0 Å². The molecule has 0 saturated carbocycles. The summed E-state index contributed by atoms with van der Waals surface area (Å²) in [7, 11) is 1.33. The molecule has 3 nitrogen and oxygen atoms in total. The molecule has 0 spiro atoms. The molecule has 6 heteroatoms. The number of halogens is 2. The zero-order valence-corrected chi connectivity index (χ0v) is 7.98. The first-order chi connectivity index (χ1) is 6.04. The number of alkyl halides is 1. The standard InChI is InChI=1S/C7H6ClFO3S/c8-13(10,11)7-3-1-6(2-4-7)12-5-9/h1-4H,5H2. The summed E-state index contributed by atoms with van der Waals surface area (Å²) in [6.45, 7) is -0.951. The minimum atomic E-state index is -3.71. The van der Waals surface area contributed by atoms with E-state index in [4.69, 9.17) is 10.7 Å². The van der Waals surface area contributed by atoms with Crippen LogP contribution in [-0.4, -0.2) is 15.3 Å². The predicted octanol–water partition coefficient (Wildman–Crippen LogP) is 1.92. The quantitative estimate of drug-likeness (QED) is 0.737. The third-order valence-electron chi connectivity index (χ3n) is 1.33. The monoisotopic (exact) mass is 224 g/mol. The summed E-state index contributed by atoms with van der Waals surface area (Å²) in [4.78, 5) is -0.0413. The summed E-state index contributed by atoms with van der Waals surface area (Å²) < 4.78 is 37.6. The first-order valence-corrected chi connectivity index (χ1v) is 5.58. The van der Waals surface area contributed by atoms with Crippen LogP contribution in [0.3, 0.4) is 0 Å². The Kier molecular flexibility index (Phi) is 3.11. The summed E-state index contributed by atoms with van der Waals surface area (Å²) in [5, 5.41) is 0. The second-order valence-corrected chi connectivity index (χ2v) is 4.73. The number of benzene rings is 1. The Morgan fingerprint density at radius 3 is 2.23 bits per heavy atom. The van der Waals surface area contributed by atoms with E-state index in [2.05, 4.69) is 4.74 Å². The van der Waals surface area contributed by atoms with Gasteiger partial charge in [-0.15, -0.1) is 0 Å². The Morgan fingerprint density at radius 2 is 1.85 bits per heavy atom. The molecule has 0 aliphatic heterocycles. The molecule has 0 heterocycles. The molecule has 0 bridgehead atoms. The summed E-state index contributed by atoms with van der Waals surface area (Å²) in [5.74, 6) is 0.256. The van der Waals surface area contributed by atoms with Crippen molar-refractivity contribution in [2.24, 2.45) is 0 Å². The summed E-state index contributed by atoms with van der Waals surface area (Å²) in [6, 6.07) is 5.14. The van der Waals surface area contributed by atoms with E-state index in [1.807, 2.05) is 0 Å². The fraction of sp³-hybridized carbons (Fsp3) is 0.143. The van der Waals surface area contributed by atoms with Crippen molar-refractivity contribution < 1.29 is 17.5 Å². The molecule has 0 saturated heterocycles. The van der Waals surface area contributed by atoms with Crippen molar-refractivity contribution in [2.45, 2.75) is 4.90 Å².